The summed E-state index contributed by atoms with van der Waals surface area (Å²) in [6, 6.07) is 7.72. The van der Waals surface area contributed by atoms with E-state index in [4.69, 9.17) is 0 Å². The summed E-state index contributed by atoms with van der Waals surface area (Å²) in [7, 11) is 0. The molecular weight excluding hydrogens is 258 g/mol. The van der Waals surface area contributed by atoms with Crippen LogP contribution in [0.25, 0.3) is 11.0 Å². The van der Waals surface area contributed by atoms with Crippen molar-refractivity contribution in [2.75, 3.05) is 13.1 Å². The number of carbonyl (C=O) groups excluding carboxylic acids is 1. The highest BCUT2D eigenvalue weighted by Gasteiger charge is 2.32. The average molecular weight is 275 g/mol. The molecule has 1 aromatic heterocycles. The van der Waals surface area contributed by atoms with Gasteiger partial charge in [0, 0.05) is 25.9 Å². The predicted octanol–water partition coefficient (Wildman–Crippen LogP) is 0.0595. The lowest BCUT2D eigenvalue weighted by atomic mass is 10.2. The minimum Gasteiger partial charge on any atom is -0.388 e. The standard InChI is InChI=1S/C14H17N3O3/c18-11-7-17(8-12(11)19)14(20)6-5-13-15-9-3-1-2-4-10(9)16-13/h1-4,11-12,18-19H,5-8H2,(H,15,16)/t11-,12+. The van der Waals surface area contributed by atoms with Crippen molar-refractivity contribution >= 4 is 16.9 Å². The van der Waals surface area contributed by atoms with Crippen LogP contribution in [-0.2, 0) is 11.2 Å². The number of likely N-dealkylation sites (tertiary alicyclic amines) is 1. The summed E-state index contributed by atoms with van der Waals surface area (Å²) < 4.78 is 0. The van der Waals surface area contributed by atoms with E-state index in [1.807, 2.05) is 24.3 Å². The molecule has 0 bridgehead atoms. The smallest absolute Gasteiger partial charge is 0.223 e. The van der Waals surface area contributed by atoms with Gasteiger partial charge in [-0.1, -0.05) is 12.1 Å². The van der Waals surface area contributed by atoms with Gasteiger partial charge in [-0.05, 0) is 12.1 Å². The van der Waals surface area contributed by atoms with Crippen molar-refractivity contribution in [3.63, 3.8) is 0 Å². The Bertz CT molecular complexity index is 582. The zero-order chi connectivity index (χ0) is 14.1. The molecule has 0 spiro atoms. The molecule has 106 valence electrons. The Morgan fingerprint density at radius 3 is 2.70 bits per heavy atom. The Balaban J connectivity index is 1.60. The first-order valence-electron chi connectivity index (χ1n) is 6.71. The van der Waals surface area contributed by atoms with Gasteiger partial charge >= 0.3 is 0 Å². The number of rotatable bonds is 3. The molecular formula is C14H17N3O3. The van der Waals surface area contributed by atoms with E-state index in [-0.39, 0.29) is 19.0 Å². The highest BCUT2D eigenvalue weighted by atomic mass is 16.3. The molecule has 1 amide bonds. The lowest BCUT2D eigenvalue weighted by Gasteiger charge is -2.14. The molecule has 6 nitrogen and oxygen atoms in total. The highest BCUT2D eigenvalue weighted by Crippen LogP contribution is 2.14. The molecule has 2 aromatic rings. The van der Waals surface area contributed by atoms with E-state index in [9.17, 15) is 15.0 Å². The van der Waals surface area contributed by atoms with Crippen LogP contribution in [0, 0.1) is 0 Å². The fourth-order valence-corrected chi connectivity index (χ4v) is 2.48. The third-order valence-electron chi connectivity index (χ3n) is 3.63. The molecule has 0 aliphatic carbocycles. The number of aliphatic hydroxyl groups excluding tert-OH is 2. The van der Waals surface area contributed by atoms with Crippen LogP contribution >= 0.6 is 0 Å². The molecule has 0 saturated carbocycles. The van der Waals surface area contributed by atoms with Crippen molar-refractivity contribution in [2.45, 2.75) is 25.0 Å². The van der Waals surface area contributed by atoms with E-state index in [2.05, 4.69) is 9.97 Å². The Morgan fingerprint density at radius 1 is 1.30 bits per heavy atom. The van der Waals surface area contributed by atoms with E-state index in [0.717, 1.165) is 16.9 Å². The molecule has 20 heavy (non-hydrogen) atoms. The van der Waals surface area contributed by atoms with E-state index < -0.39 is 12.2 Å². The number of fused-ring (bicyclic) bond motifs is 1. The number of aryl methyl sites for hydroxylation is 1. The van der Waals surface area contributed by atoms with E-state index in [1.165, 1.54) is 4.90 Å². The fourth-order valence-electron chi connectivity index (χ4n) is 2.48. The zero-order valence-electron chi connectivity index (χ0n) is 11.0. The second kappa shape index (κ2) is 5.22. The summed E-state index contributed by atoms with van der Waals surface area (Å²) >= 11 is 0. The minimum atomic E-state index is -0.829. The number of amides is 1. The lowest BCUT2D eigenvalue weighted by Crippen LogP contribution is -2.30. The van der Waals surface area contributed by atoms with Gasteiger partial charge in [-0.25, -0.2) is 4.98 Å². The third kappa shape index (κ3) is 2.52. The molecule has 1 aromatic carbocycles. The van der Waals surface area contributed by atoms with Gasteiger partial charge in [0.1, 0.15) is 5.82 Å². The third-order valence-corrected chi connectivity index (χ3v) is 3.63. The van der Waals surface area contributed by atoms with Crippen molar-refractivity contribution in [3.05, 3.63) is 30.1 Å². The maximum Gasteiger partial charge on any atom is 0.223 e. The highest BCUT2D eigenvalue weighted by molar-refractivity contribution is 5.77. The molecule has 6 heteroatoms. The number of aromatic nitrogens is 2. The molecule has 3 N–H and O–H groups in total. The number of carbonyl (C=O) groups is 1. The monoisotopic (exact) mass is 275 g/mol. The molecule has 2 heterocycles. The molecule has 0 radical (unpaired) electrons. The van der Waals surface area contributed by atoms with Crippen molar-refractivity contribution in [1.29, 1.82) is 0 Å². The van der Waals surface area contributed by atoms with Crippen LogP contribution in [0.5, 0.6) is 0 Å². The number of imidazole rings is 1. The largest absolute Gasteiger partial charge is 0.388 e. The number of aromatic amines is 1. The van der Waals surface area contributed by atoms with Gasteiger partial charge in [0.25, 0.3) is 0 Å². The molecule has 1 aliphatic heterocycles. The molecule has 1 saturated heterocycles. The first-order valence-corrected chi connectivity index (χ1v) is 6.71. The molecule has 1 aliphatic rings. The van der Waals surface area contributed by atoms with Crippen LogP contribution in [0.4, 0.5) is 0 Å². The van der Waals surface area contributed by atoms with Gasteiger partial charge in [-0.2, -0.15) is 0 Å². The van der Waals surface area contributed by atoms with Gasteiger partial charge < -0.3 is 20.1 Å². The number of nitrogens with one attached hydrogen (secondary N) is 1. The molecule has 3 rings (SSSR count). The summed E-state index contributed by atoms with van der Waals surface area (Å²) in [4.78, 5) is 21.1. The topological polar surface area (TPSA) is 89.5 Å². The summed E-state index contributed by atoms with van der Waals surface area (Å²) in [5, 5.41) is 18.9. The van der Waals surface area contributed by atoms with Gasteiger partial charge in [-0.15, -0.1) is 0 Å². The summed E-state index contributed by atoms with van der Waals surface area (Å²) in [5.74, 6) is 0.709. The Labute approximate surface area is 116 Å². The van der Waals surface area contributed by atoms with Gasteiger partial charge in [0.05, 0.1) is 23.2 Å². The van der Waals surface area contributed by atoms with E-state index in [0.29, 0.717) is 12.8 Å². The predicted molar refractivity (Wildman–Crippen MR) is 73.0 cm³/mol. The van der Waals surface area contributed by atoms with Crippen LogP contribution in [0.3, 0.4) is 0 Å². The van der Waals surface area contributed by atoms with Gasteiger partial charge in [0.2, 0.25) is 5.91 Å². The summed E-state index contributed by atoms with van der Waals surface area (Å²) in [6.45, 7) is 0.417. The molecule has 2 atom stereocenters. The second-order valence-electron chi connectivity index (χ2n) is 5.13. The van der Waals surface area contributed by atoms with E-state index >= 15 is 0 Å². The van der Waals surface area contributed by atoms with E-state index in [1.54, 1.807) is 0 Å². The van der Waals surface area contributed by atoms with Crippen molar-refractivity contribution in [3.8, 4) is 0 Å². The quantitative estimate of drug-likeness (QED) is 0.739. The van der Waals surface area contributed by atoms with Crippen molar-refractivity contribution in [2.24, 2.45) is 0 Å². The van der Waals surface area contributed by atoms with Crippen LogP contribution in [-0.4, -0.2) is 56.3 Å². The lowest BCUT2D eigenvalue weighted by molar-refractivity contribution is -0.130. The first-order chi connectivity index (χ1) is 9.63. The first kappa shape index (κ1) is 13.1. The van der Waals surface area contributed by atoms with Crippen molar-refractivity contribution in [1.82, 2.24) is 14.9 Å². The minimum absolute atomic E-state index is 0.0685. The van der Waals surface area contributed by atoms with Gasteiger partial charge in [0.15, 0.2) is 0 Å². The normalized spacial score (nSPS) is 22.6. The summed E-state index contributed by atoms with van der Waals surface area (Å²) in [5.41, 5.74) is 1.85. The second-order valence-corrected chi connectivity index (χ2v) is 5.13. The number of β-amino-alcohol motifs (C(OH)–C–C–N with tert-alkyl or cyclic N) is 2. The SMILES string of the molecule is O=C(CCc1nc2ccccc2[nH]1)N1C[C@@H](O)[C@@H](O)C1. The van der Waals surface area contributed by atoms with Gasteiger partial charge in [-0.3, -0.25) is 4.79 Å². The zero-order valence-corrected chi connectivity index (χ0v) is 11.0. The fraction of sp³-hybridized carbons (Fsp3) is 0.429. The number of hydrogen-bond acceptors (Lipinski definition) is 4. The number of aliphatic hydroxyl groups is 2. The van der Waals surface area contributed by atoms with Crippen LogP contribution < -0.4 is 0 Å². The maximum atomic E-state index is 12.0. The Morgan fingerprint density at radius 2 is 2.00 bits per heavy atom. The molecule has 1 fully saturated rings. The number of benzene rings is 1. The number of para-hydroxylation sites is 2. The summed E-state index contributed by atoms with van der Waals surface area (Å²) in [6.07, 6.45) is -0.814. The maximum absolute atomic E-state index is 12.0. The van der Waals surface area contributed by atoms with Crippen LogP contribution in [0.1, 0.15) is 12.2 Å². The number of hydrogen-bond donors (Lipinski definition) is 3. The van der Waals surface area contributed by atoms with Crippen LogP contribution in [0.2, 0.25) is 0 Å². The van der Waals surface area contributed by atoms with Crippen LogP contribution in [0.15, 0.2) is 24.3 Å². The number of H-pyrrole nitrogens is 1. The average Bonchev–Trinajstić information content (AvgIpc) is 3.00. The Hall–Kier alpha value is -1.92. The Kier molecular flexibility index (Phi) is 3.42. The number of nitrogens with zero attached hydrogens (tertiary/aromatic N) is 2. The molecule has 0 unspecified atom stereocenters. The van der Waals surface area contributed by atoms with Crippen molar-refractivity contribution < 1.29 is 15.0 Å².